The fourth-order valence-electron chi connectivity index (χ4n) is 3.62. The number of urea groups is 1. The molecule has 1 heterocycles. The number of carboxylic acid groups (broad SMARTS) is 1. The second kappa shape index (κ2) is 11.5. The van der Waals surface area contributed by atoms with Crippen LogP contribution in [0.5, 0.6) is 0 Å². The minimum Gasteiger partial charge on any atom is -0.478 e. The van der Waals surface area contributed by atoms with Gasteiger partial charge in [-0.3, -0.25) is 4.79 Å². The van der Waals surface area contributed by atoms with Crippen LogP contribution < -0.4 is 16.1 Å². The number of benzene rings is 2. The molecule has 0 bridgehead atoms. The fraction of sp³-hybridized carbons (Fsp3) is 0.333. The minimum absolute atomic E-state index is 0.196. The van der Waals surface area contributed by atoms with E-state index in [0.717, 1.165) is 54.0 Å². The first-order valence-corrected chi connectivity index (χ1v) is 11.9. The Bertz CT molecular complexity index is 1050. The van der Waals surface area contributed by atoms with Crippen LogP contribution in [0, 0.1) is 0 Å². The summed E-state index contributed by atoms with van der Waals surface area (Å²) in [6, 6.07) is 12.0. The molecule has 0 unspecified atom stereocenters. The van der Waals surface area contributed by atoms with Crippen LogP contribution in [0.3, 0.4) is 0 Å². The van der Waals surface area contributed by atoms with Crippen molar-refractivity contribution in [2.24, 2.45) is 10.8 Å². The number of amides is 3. The monoisotopic (exact) mass is 468 g/mol. The van der Waals surface area contributed by atoms with Crippen molar-refractivity contribution in [1.29, 1.82) is 0 Å². The van der Waals surface area contributed by atoms with E-state index in [0.29, 0.717) is 12.1 Å². The maximum atomic E-state index is 12.9. The van der Waals surface area contributed by atoms with Gasteiger partial charge in [0.05, 0.1) is 11.3 Å². The predicted molar refractivity (Wildman–Crippen MR) is 130 cm³/mol. The number of rotatable bonds is 11. The number of aryl methyl sites for hydroxylation is 1. The van der Waals surface area contributed by atoms with E-state index in [2.05, 4.69) is 17.5 Å². The van der Waals surface area contributed by atoms with Gasteiger partial charge in [0.15, 0.2) is 5.71 Å². The van der Waals surface area contributed by atoms with Crippen LogP contribution >= 0.6 is 11.8 Å². The van der Waals surface area contributed by atoms with Gasteiger partial charge in [0.1, 0.15) is 0 Å². The first-order chi connectivity index (χ1) is 15.9. The number of aromatic carboxylic acids is 1. The van der Waals surface area contributed by atoms with E-state index in [1.165, 1.54) is 0 Å². The van der Waals surface area contributed by atoms with Gasteiger partial charge in [0.2, 0.25) is 0 Å². The van der Waals surface area contributed by atoms with E-state index < -0.39 is 12.0 Å². The summed E-state index contributed by atoms with van der Waals surface area (Å²) in [6.07, 6.45) is 4.73. The number of nitrogens with two attached hydrogens (primary N) is 1. The molecule has 0 aromatic heterocycles. The highest BCUT2D eigenvalue weighted by Gasteiger charge is 2.34. The summed E-state index contributed by atoms with van der Waals surface area (Å²) in [4.78, 5) is 37.7. The van der Waals surface area contributed by atoms with E-state index >= 15 is 0 Å². The summed E-state index contributed by atoms with van der Waals surface area (Å²) in [5.41, 5.74) is 10.4. The summed E-state index contributed by atoms with van der Waals surface area (Å²) in [5, 5.41) is 13.0. The fourth-order valence-corrected chi connectivity index (χ4v) is 4.51. The summed E-state index contributed by atoms with van der Waals surface area (Å²) >= 11 is 1.67. The molecule has 3 rings (SSSR count). The molecule has 174 valence electrons. The number of hydrogen-bond acceptors (Lipinski definition) is 5. The average Bonchev–Trinajstić information content (AvgIpc) is 3.06. The standard InChI is InChI=1S/C24H28N4O4S/c1-2-3-4-13-28-20-12-11-18(15-19(20)21(22(28)29)26-27-24(25)32)33-14-5-6-16-7-9-17(10-8-16)23(30)31/h7-12,15H,2-6,13-14H2,1H3,(H,30,31)(H3,25,27,32)/b26-21+. The molecule has 0 saturated carbocycles. The number of carboxylic acids is 1. The normalized spacial score (nSPS) is 13.9. The lowest BCUT2D eigenvalue weighted by Crippen LogP contribution is -2.33. The number of anilines is 1. The van der Waals surface area contributed by atoms with Gasteiger partial charge in [-0.05, 0) is 60.9 Å². The van der Waals surface area contributed by atoms with Gasteiger partial charge in [-0.1, -0.05) is 31.9 Å². The van der Waals surface area contributed by atoms with Crippen molar-refractivity contribution in [2.45, 2.75) is 43.9 Å². The van der Waals surface area contributed by atoms with Crippen molar-refractivity contribution in [3.63, 3.8) is 0 Å². The lowest BCUT2D eigenvalue weighted by molar-refractivity contribution is -0.112. The van der Waals surface area contributed by atoms with Gasteiger partial charge in [-0.25, -0.2) is 15.0 Å². The summed E-state index contributed by atoms with van der Waals surface area (Å²) < 4.78 is 0. The first-order valence-electron chi connectivity index (χ1n) is 10.9. The number of carbonyl (C=O) groups excluding carboxylic acids is 2. The number of hydrogen-bond donors (Lipinski definition) is 3. The van der Waals surface area contributed by atoms with Crippen molar-refractivity contribution < 1.29 is 19.5 Å². The zero-order valence-corrected chi connectivity index (χ0v) is 19.4. The molecule has 4 N–H and O–H groups in total. The molecule has 2 aromatic carbocycles. The van der Waals surface area contributed by atoms with Crippen molar-refractivity contribution in [1.82, 2.24) is 5.43 Å². The van der Waals surface area contributed by atoms with Gasteiger partial charge in [0, 0.05) is 17.0 Å². The lowest BCUT2D eigenvalue weighted by atomic mass is 10.1. The second-order valence-corrected chi connectivity index (χ2v) is 8.90. The molecule has 0 radical (unpaired) electrons. The van der Waals surface area contributed by atoms with Gasteiger partial charge in [0.25, 0.3) is 5.91 Å². The van der Waals surface area contributed by atoms with Crippen LogP contribution in [-0.4, -0.2) is 41.0 Å². The molecule has 1 aliphatic heterocycles. The molecule has 33 heavy (non-hydrogen) atoms. The highest BCUT2D eigenvalue weighted by atomic mass is 32.2. The number of nitrogens with one attached hydrogen (secondary N) is 1. The Hall–Kier alpha value is -3.33. The zero-order chi connectivity index (χ0) is 23.8. The third-order valence-electron chi connectivity index (χ3n) is 5.30. The molecule has 8 nitrogen and oxygen atoms in total. The average molecular weight is 469 g/mol. The number of unbranched alkanes of at least 4 members (excludes halogenated alkanes) is 2. The molecule has 0 spiro atoms. The van der Waals surface area contributed by atoms with Crippen LogP contribution in [0.15, 0.2) is 52.5 Å². The molecule has 9 heteroatoms. The molecule has 0 fully saturated rings. The number of thioether (sulfide) groups is 1. The molecule has 1 aliphatic rings. The quantitative estimate of drug-likeness (QED) is 0.261. The summed E-state index contributed by atoms with van der Waals surface area (Å²) in [5.74, 6) is -0.300. The third kappa shape index (κ3) is 6.35. The summed E-state index contributed by atoms with van der Waals surface area (Å²) in [7, 11) is 0. The summed E-state index contributed by atoms with van der Waals surface area (Å²) in [6.45, 7) is 2.71. The minimum atomic E-state index is -0.926. The van der Waals surface area contributed by atoms with Gasteiger partial charge in [-0.2, -0.15) is 5.10 Å². The van der Waals surface area contributed by atoms with Crippen LogP contribution in [0.1, 0.15) is 54.1 Å². The van der Waals surface area contributed by atoms with E-state index in [-0.39, 0.29) is 17.2 Å². The molecule has 0 saturated heterocycles. The van der Waals surface area contributed by atoms with E-state index in [4.69, 9.17) is 10.8 Å². The zero-order valence-electron chi connectivity index (χ0n) is 18.5. The Balaban J connectivity index is 1.66. The van der Waals surface area contributed by atoms with Crippen molar-refractivity contribution in [3.05, 3.63) is 59.2 Å². The third-order valence-corrected chi connectivity index (χ3v) is 6.38. The van der Waals surface area contributed by atoms with Crippen molar-refractivity contribution >= 4 is 41.1 Å². The van der Waals surface area contributed by atoms with E-state index in [1.54, 1.807) is 28.8 Å². The highest BCUT2D eigenvalue weighted by molar-refractivity contribution is 7.99. The number of hydrazone groups is 1. The Labute approximate surface area is 197 Å². The maximum Gasteiger partial charge on any atom is 0.335 e. The molecule has 2 aromatic rings. The van der Waals surface area contributed by atoms with E-state index in [1.807, 2.05) is 30.3 Å². The van der Waals surface area contributed by atoms with Gasteiger partial charge >= 0.3 is 12.0 Å². The Morgan fingerprint density at radius 1 is 1.12 bits per heavy atom. The first kappa shape index (κ1) is 24.3. The Morgan fingerprint density at radius 2 is 1.88 bits per heavy atom. The number of fused-ring (bicyclic) bond motifs is 1. The molecular formula is C24H28N4O4S. The largest absolute Gasteiger partial charge is 0.478 e. The Kier molecular flexibility index (Phi) is 8.48. The van der Waals surface area contributed by atoms with Gasteiger partial charge < -0.3 is 15.7 Å². The molecular weight excluding hydrogens is 440 g/mol. The van der Waals surface area contributed by atoms with Crippen molar-refractivity contribution in [2.75, 3.05) is 17.2 Å². The Morgan fingerprint density at radius 3 is 2.55 bits per heavy atom. The molecule has 3 amide bonds. The number of nitrogens with zero attached hydrogens (tertiary/aromatic N) is 2. The smallest absolute Gasteiger partial charge is 0.335 e. The maximum absolute atomic E-state index is 12.9. The predicted octanol–water partition coefficient (Wildman–Crippen LogP) is 4.02. The number of primary amides is 1. The van der Waals surface area contributed by atoms with Gasteiger partial charge in [-0.15, -0.1) is 11.8 Å². The van der Waals surface area contributed by atoms with Crippen LogP contribution in [0.2, 0.25) is 0 Å². The topological polar surface area (TPSA) is 125 Å². The molecule has 0 aliphatic carbocycles. The lowest BCUT2D eigenvalue weighted by Gasteiger charge is -2.16. The second-order valence-electron chi connectivity index (χ2n) is 7.73. The SMILES string of the molecule is CCCCCN1C(=O)/C(=N/NC(N)=O)c2cc(SCCCc3ccc(C(=O)O)cc3)ccc21. The number of carbonyl (C=O) groups is 3. The van der Waals surface area contributed by atoms with Crippen molar-refractivity contribution in [3.8, 4) is 0 Å². The highest BCUT2D eigenvalue weighted by Crippen LogP contribution is 2.33. The van der Waals surface area contributed by atoms with E-state index in [9.17, 15) is 14.4 Å². The van der Waals surface area contributed by atoms with Crippen LogP contribution in [0.4, 0.5) is 10.5 Å². The molecule has 0 atom stereocenters. The van der Waals surface area contributed by atoms with Crippen LogP contribution in [0.25, 0.3) is 0 Å². The van der Waals surface area contributed by atoms with Crippen LogP contribution in [-0.2, 0) is 11.2 Å².